The van der Waals surface area contributed by atoms with E-state index in [-0.39, 0.29) is 103 Å². The van der Waals surface area contributed by atoms with Crippen LogP contribution in [0.4, 0.5) is 21.0 Å². The van der Waals surface area contributed by atoms with Crippen LogP contribution in [-0.2, 0) is 30.7 Å². The van der Waals surface area contributed by atoms with Crippen LogP contribution in [0.3, 0.4) is 0 Å². The summed E-state index contributed by atoms with van der Waals surface area (Å²) in [6.45, 7) is 12.7. The minimum atomic E-state index is -0.921. The number of amides is 4. The zero-order chi connectivity index (χ0) is 50.9. The molecule has 6 rings (SSSR count). The number of rotatable bonds is 24. The Bertz CT molecular complexity index is 2580. The smallest absolute Gasteiger partial charge is 1.00 e. The number of urea groups is 2. The van der Waals surface area contributed by atoms with E-state index in [2.05, 4.69) is 59.4 Å². The number of nitrogens with zero attached hydrogens (tertiary/aromatic N) is 2. The van der Waals surface area contributed by atoms with Gasteiger partial charge in [0, 0.05) is 71.3 Å². The molecule has 0 saturated carbocycles. The molecule has 0 saturated heterocycles. The van der Waals surface area contributed by atoms with E-state index in [9.17, 15) is 24.3 Å². The van der Waals surface area contributed by atoms with Crippen molar-refractivity contribution in [2.75, 3.05) is 70.1 Å². The maximum Gasteiger partial charge on any atom is 1.00 e. The van der Waals surface area contributed by atoms with Crippen molar-refractivity contribution in [2.24, 2.45) is 0 Å². The van der Waals surface area contributed by atoms with Crippen molar-refractivity contribution >= 4 is 58.6 Å². The first-order valence-corrected chi connectivity index (χ1v) is 25.0. The number of likely N-dealkylation sites (N-methyl/N-ethyl adjacent to an activating group) is 2. The number of hydrogen-bond donors (Lipinski definition) is 5. The van der Waals surface area contributed by atoms with Gasteiger partial charge in [-0.05, 0) is 97.8 Å². The van der Waals surface area contributed by atoms with Gasteiger partial charge in [-0.25, -0.2) is 19.2 Å². The molecular weight excluding hydrogens is 1220 g/mol. The normalized spacial score (nSPS) is 11.6. The fourth-order valence-electron chi connectivity index (χ4n) is 8.45. The number of hydrogen-bond acceptors (Lipinski definition) is 6. The molecule has 0 aromatic heterocycles. The van der Waals surface area contributed by atoms with E-state index in [0.717, 1.165) is 120 Å². The summed E-state index contributed by atoms with van der Waals surface area (Å²) in [5.41, 5.74) is 7.11. The molecule has 2 unspecified atom stereocenters. The van der Waals surface area contributed by atoms with Crippen LogP contribution < -0.4 is 88.1 Å². The summed E-state index contributed by atoms with van der Waals surface area (Å²) in [4.78, 5) is 47.6. The molecule has 0 spiro atoms. The molecule has 0 aliphatic heterocycles. The molecule has 0 aliphatic carbocycles. The maximum absolute atomic E-state index is 12.3. The van der Waals surface area contributed by atoms with Crippen LogP contribution in [0.2, 0.25) is 10.0 Å². The van der Waals surface area contributed by atoms with Gasteiger partial charge in [-0.2, -0.15) is 0 Å². The van der Waals surface area contributed by atoms with Crippen LogP contribution in [0.15, 0.2) is 158 Å². The van der Waals surface area contributed by atoms with E-state index in [1.807, 2.05) is 121 Å². The second kappa shape index (κ2) is 38.0. The molecule has 0 aliphatic rings. The average molecular weight is 1300 g/mol. The van der Waals surface area contributed by atoms with Gasteiger partial charge in [0.25, 0.3) is 0 Å². The molecule has 0 fully saturated rings. The number of quaternary nitrogens is 2. The van der Waals surface area contributed by atoms with Gasteiger partial charge < -0.3 is 93.5 Å². The summed E-state index contributed by atoms with van der Waals surface area (Å²) in [7, 11) is 1.39. The summed E-state index contributed by atoms with van der Waals surface area (Å²) in [5.74, 6) is -1.25. The van der Waals surface area contributed by atoms with Gasteiger partial charge in [-0.3, -0.25) is 0 Å². The topological polar surface area (TPSA) is 176 Å². The molecule has 0 bridgehead atoms. The third-order valence-electron chi connectivity index (χ3n) is 12.8. The molecule has 4 amide bonds. The molecule has 0 heterocycles. The number of halogens is 4. The first kappa shape index (κ1) is 71.3. The Morgan fingerprint density at radius 3 is 1.18 bits per heavy atom. The number of anilines is 2. The summed E-state index contributed by atoms with van der Waals surface area (Å²) >= 11 is 12.1. The number of esters is 1. The predicted molar refractivity (Wildman–Crippen MR) is 295 cm³/mol. The van der Waals surface area contributed by atoms with Crippen LogP contribution in [0, 0.1) is 0 Å². The van der Waals surface area contributed by atoms with Gasteiger partial charge in [-0.15, -0.1) is 0 Å². The standard InChI is InChI=1S/C29H34ClN3O3.C28H32ClN3O3.CH4.2HI.Li.H2O/c1-3-33(21-18-23-12-16-26(30)17-13-23,22-24-10-14-25(15-11-24)28(34)36-2)20-7-19-31-29(35)32-27-8-5-4-6-9-27;1-2-32(20-17-22-11-15-25(29)16-12-22,21-23-9-13-24(14-10-23)27(33)34)19-6-18-30-28(35)31-26-7-4-3-5-8-26;;;;;/h4-6,8-17H,3,7,18-22H2,1-2H3,(H-,31,32,35);3-5,7-16H,2,6,17-21H2,1H3,(H2-,30,31,33,34,35);1H4;2*1H;;1H2/q;;;;;+1;/p-1. The van der Waals surface area contributed by atoms with Crippen molar-refractivity contribution in [3.63, 3.8) is 0 Å². The Morgan fingerprint density at radius 2 is 0.855 bits per heavy atom. The number of carboxylic acids is 1. The Balaban J connectivity index is 0.00000139. The number of para-hydroxylation sites is 2. The van der Waals surface area contributed by atoms with E-state index < -0.39 is 5.97 Å². The van der Waals surface area contributed by atoms with Crippen molar-refractivity contribution in [3.05, 3.63) is 201 Å². The molecule has 6 aromatic carbocycles. The van der Waals surface area contributed by atoms with Crippen molar-refractivity contribution in [1.29, 1.82) is 0 Å². The number of ether oxygens (including phenoxy) is 1. The molecule has 6 N–H and O–H groups in total. The molecule has 406 valence electrons. The zero-order valence-electron chi connectivity index (χ0n) is 43.3. The summed E-state index contributed by atoms with van der Waals surface area (Å²) < 4.78 is 6.52. The zero-order valence-corrected chi connectivity index (χ0v) is 49.1. The monoisotopic (exact) mass is 1300 g/mol. The Hall–Kier alpha value is -4.68. The van der Waals surface area contributed by atoms with Crippen molar-refractivity contribution < 1.29 is 110 Å². The Labute approximate surface area is 506 Å². The van der Waals surface area contributed by atoms with Gasteiger partial charge in [-0.1, -0.05) is 116 Å². The maximum atomic E-state index is 12.3. The number of carboxylic acid groups (broad SMARTS) is 1. The Kier molecular flexibility index (Phi) is 35.6. The average Bonchev–Trinajstić information content (AvgIpc) is 3.39. The van der Waals surface area contributed by atoms with Gasteiger partial charge >= 0.3 is 42.9 Å². The van der Waals surface area contributed by atoms with E-state index in [1.54, 1.807) is 12.1 Å². The number of aromatic carboxylic acids is 1. The Morgan fingerprint density at radius 1 is 0.513 bits per heavy atom. The van der Waals surface area contributed by atoms with Gasteiger partial charge in [0.15, 0.2) is 0 Å². The summed E-state index contributed by atoms with van der Waals surface area (Å²) in [5, 5.41) is 22.3. The number of methoxy groups -OCH3 is 1. The molecule has 76 heavy (non-hydrogen) atoms. The third-order valence-corrected chi connectivity index (χ3v) is 13.3. The van der Waals surface area contributed by atoms with Crippen LogP contribution in [0.1, 0.15) is 77.1 Å². The van der Waals surface area contributed by atoms with Crippen LogP contribution in [-0.4, -0.2) is 103 Å². The largest absolute Gasteiger partial charge is 1.00 e. The number of carbonyl (C=O) groups is 4. The summed E-state index contributed by atoms with van der Waals surface area (Å²) in [6, 6.07) is 49.1. The van der Waals surface area contributed by atoms with Gasteiger partial charge in [0.2, 0.25) is 0 Å². The summed E-state index contributed by atoms with van der Waals surface area (Å²) in [6.07, 6.45) is 3.49. The van der Waals surface area contributed by atoms with Crippen LogP contribution in [0.25, 0.3) is 0 Å². The molecule has 13 nitrogen and oxygen atoms in total. The van der Waals surface area contributed by atoms with E-state index in [1.165, 1.54) is 18.2 Å². The van der Waals surface area contributed by atoms with Crippen molar-refractivity contribution in [2.45, 2.75) is 60.0 Å². The van der Waals surface area contributed by atoms with Crippen molar-refractivity contribution in [3.8, 4) is 0 Å². The van der Waals surface area contributed by atoms with Crippen LogP contribution >= 0.6 is 23.2 Å². The predicted octanol–water partition coefficient (Wildman–Crippen LogP) is 3.22. The van der Waals surface area contributed by atoms with Crippen molar-refractivity contribution in [1.82, 2.24) is 10.6 Å². The number of carbonyl (C=O) groups excluding carboxylic acids is 3. The van der Waals surface area contributed by atoms with Gasteiger partial charge in [0.05, 0.1) is 57.5 Å². The minimum absolute atomic E-state index is 0. The van der Waals surface area contributed by atoms with Crippen LogP contribution in [0.5, 0.6) is 0 Å². The van der Waals surface area contributed by atoms with E-state index in [4.69, 9.17) is 27.9 Å². The molecule has 18 heteroatoms. The van der Waals surface area contributed by atoms with E-state index in [0.29, 0.717) is 18.7 Å². The second-order valence-corrected chi connectivity index (χ2v) is 18.5. The minimum Gasteiger partial charge on any atom is -1.00 e. The SMILES string of the molecule is C.CC[N+](CCCNC(=O)Nc1ccccc1)(CCc1ccc(Cl)cc1)Cc1ccc(C(=O)O)cc1.CC[N+](CCCNC(=O)Nc1ccccc1)(CCc1ccc(Cl)cc1)Cc1ccc(C(=O)OC)cc1.[I-].[I-].[Li+].[OH-]. The molecule has 6 aromatic rings. The quantitative estimate of drug-likeness (QED) is 0.0204. The first-order chi connectivity index (χ1) is 34.3. The first-order valence-electron chi connectivity index (χ1n) is 24.2. The molecule has 2 atom stereocenters. The number of nitrogens with one attached hydrogen (secondary N) is 4. The third kappa shape index (κ3) is 25.2. The van der Waals surface area contributed by atoms with E-state index >= 15 is 0 Å². The molecule has 0 radical (unpaired) electrons. The fourth-order valence-corrected chi connectivity index (χ4v) is 8.70. The fraction of sp³-hybridized carbons (Fsp3) is 0.310. The number of benzene rings is 6. The second-order valence-electron chi connectivity index (χ2n) is 17.7. The van der Waals surface area contributed by atoms with Gasteiger partial charge in [0.1, 0.15) is 13.1 Å². The molecular formula is C58H73Cl2I2LiN6O7.